The van der Waals surface area contributed by atoms with E-state index in [0.717, 1.165) is 23.6 Å². The van der Waals surface area contributed by atoms with Crippen molar-refractivity contribution in [2.45, 2.75) is 6.10 Å². The highest BCUT2D eigenvalue weighted by atomic mass is 32.2. The van der Waals surface area contributed by atoms with Gasteiger partial charge in [-0.15, -0.1) is 6.58 Å². The summed E-state index contributed by atoms with van der Waals surface area (Å²) in [7, 11) is 3.20. The van der Waals surface area contributed by atoms with Crippen molar-refractivity contribution < 1.29 is 14.6 Å². The van der Waals surface area contributed by atoms with Gasteiger partial charge >= 0.3 is 0 Å². The van der Waals surface area contributed by atoms with Crippen LogP contribution < -0.4 is 14.8 Å². The summed E-state index contributed by atoms with van der Waals surface area (Å²) < 4.78 is 10.4. The number of ether oxygens (including phenoxy) is 2. The Morgan fingerprint density at radius 3 is 2.85 bits per heavy atom. The lowest BCUT2D eigenvalue weighted by Gasteiger charge is -2.16. The van der Waals surface area contributed by atoms with Crippen molar-refractivity contribution in [2.24, 2.45) is 0 Å². The Hall–Kier alpha value is -1.17. The van der Waals surface area contributed by atoms with Crippen LogP contribution >= 0.6 is 11.8 Å². The molecule has 0 aromatic heterocycles. The van der Waals surface area contributed by atoms with Crippen LogP contribution in [0.15, 0.2) is 30.9 Å². The molecule has 20 heavy (non-hydrogen) atoms. The number of rotatable bonds is 10. The number of hydrogen-bond donors (Lipinski definition) is 2. The van der Waals surface area contributed by atoms with Gasteiger partial charge in [-0.3, -0.25) is 0 Å². The van der Waals surface area contributed by atoms with Crippen molar-refractivity contribution in [3.63, 3.8) is 0 Å². The average Bonchev–Trinajstić information content (AvgIpc) is 2.49. The minimum absolute atomic E-state index is 0.484. The Morgan fingerprint density at radius 2 is 2.20 bits per heavy atom. The van der Waals surface area contributed by atoms with Crippen LogP contribution in [0.4, 0.5) is 0 Å². The van der Waals surface area contributed by atoms with E-state index in [-0.39, 0.29) is 0 Å². The van der Waals surface area contributed by atoms with Gasteiger partial charge in [0.05, 0.1) is 20.3 Å². The predicted molar refractivity (Wildman–Crippen MR) is 84.9 cm³/mol. The summed E-state index contributed by atoms with van der Waals surface area (Å²) in [6.07, 6.45) is 1.27. The zero-order valence-electron chi connectivity index (χ0n) is 12.1. The Morgan fingerprint density at radius 1 is 1.40 bits per heavy atom. The molecule has 0 aliphatic carbocycles. The molecule has 0 spiro atoms. The van der Waals surface area contributed by atoms with E-state index in [1.165, 1.54) is 0 Å². The molecule has 1 unspecified atom stereocenters. The van der Waals surface area contributed by atoms with Crippen LogP contribution in [-0.4, -0.2) is 43.9 Å². The number of benzene rings is 1. The lowest BCUT2D eigenvalue weighted by Crippen LogP contribution is -2.24. The zero-order valence-corrected chi connectivity index (χ0v) is 12.9. The third kappa shape index (κ3) is 5.45. The van der Waals surface area contributed by atoms with Crippen molar-refractivity contribution in [1.29, 1.82) is 0 Å². The minimum atomic E-state index is -0.621. The molecule has 0 saturated heterocycles. The molecule has 0 aliphatic rings. The van der Waals surface area contributed by atoms with E-state index in [9.17, 15) is 5.11 Å². The fourth-order valence-electron chi connectivity index (χ4n) is 1.76. The summed E-state index contributed by atoms with van der Waals surface area (Å²) in [6, 6.07) is 5.42. The van der Waals surface area contributed by atoms with E-state index in [2.05, 4.69) is 11.9 Å². The largest absolute Gasteiger partial charge is 0.497 e. The molecule has 0 aliphatic heterocycles. The standard InChI is InChI=1S/C15H23NO3S/c1-4-8-20-9-7-16-11-14(17)13-10-12(18-2)5-6-15(13)19-3/h4-6,10,14,16-17H,1,7-9,11H2,2-3H3. The predicted octanol–water partition coefficient (Wildman–Crippen LogP) is 2.25. The summed E-state index contributed by atoms with van der Waals surface area (Å²) >= 11 is 1.81. The second-order valence-electron chi connectivity index (χ2n) is 4.19. The van der Waals surface area contributed by atoms with Gasteiger partial charge in [-0.25, -0.2) is 0 Å². The topological polar surface area (TPSA) is 50.7 Å². The normalized spacial score (nSPS) is 11.9. The Labute approximate surface area is 125 Å². The molecule has 0 heterocycles. The van der Waals surface area contributed by atoms with E-state index < -0.39 is 6.10 Å². The molecule has 2 N–H and O–H groups in total. The van der Waals surface area contributed by atoms with Crippen LogP contribution in [-0.2, 0) is 0 Å². The molecule has 0 bridgehead atoms. The van der Waals surface area contributed by atoms with Crippen molar-refractivity contribution in [1.82, 2.24) is 5.32 Å². The van der Waals surface area contributed by atoms with E-state index in [4.69, 9.17) is 9.47 Å². The molecule has 0 saturated carbocycles. The van der Waals surface area contributed by atoms with Crippen molar-refractivity contribution in [2.75, 3.05) is 38.8 Å². The molecular formula is C15H23NO3S. The summed E-state index contributed by atoms with van der Waals surface area (Å²) in [6.45, 7) is 5.01. The molecule has 0 amide bonds. The monoisotopic (exact) mass is 297 g/mol. The summed E-state index contributed by atoms with van der Waals surface area (Å²) in [4.78, 5) is 0. The van der Waals surface area contributed by atoms with Crippen LogP contribution in [0.2, 0.25) is 0 Å². The lowest BCUT2D eigenvalue weighted by molar-refractivity contribution is 0.171. The highest BCUT2D eigenvalue weighted by Crippen LogP contribution is 2.28. The third-order valence-corrected chi connectivity index (χ3v) is 3.76. The third-order valence-electron chi connectivity index (χ3n) is 2.79. The Bertz CT molecular complexity index is 412. The van der Waals surface area contributed by atoms with Crippen LogP contribution in [0, 0.1) is 0 Å². The maximum atomic E-state index is 10.2. The maximum absolute atomic E-state index is 10.2. The van der Waals surface area contributed by atoms with Crippen molar-refractivity contribution in [3.05, 3.63) is 36.4 Å². The Kier molecular flexibility index (Phi) is 8.18. The van der Waals surface area contributed by atoms with Gasteiger partial charge in [0.25, 0.3) is 0 Å². The number of aliphatic hydroxyl groups is 1. The number of methoxy groups -OCH3 is 2. The number of thioether (sulfide) groups is 1. The molecule has 1 aromatic carbocycles. The summed E-state index contributed by atoms with van der Waals surface area (Å²) in [5.74, 6) is 3.32. The van der Waals surface area contributed by atoms with E-state index in [1.807, 2.05) is 23.9 Å². The SMILES string of the molecule is C=CCSCCNCC(O)c1cc(OC)ccc1OC. The van der Waals surface area contributed by atoms with Gasteiger partial charge in [0.15, 0.2) is 0 Å². The van der Waals surface area contributed by atoms with E-state index in [1.54, 1.807) is 26.4 Å². The molecular weight excluding hydrogens is 274 g/mol. The first-order chi connectivity index (χ1) is 9.72. The first-order valence-corrected chi connectivity index (χ1v) is 7.67. The molecule has 0 radical (unpaired) electrons. The first kappa shape index (κ1) is 16.9. The van der Waals surface area contributed by atoms with Gasteiger partial charge in [0.2, 0.25) is 0 Å². The van der Waals surface area contributed by atoms with Gasteiger partial charge in [0, 0.05) is 30.2 Å². The fraction of sp³-hybridized carbons (Fsp3) is 0.467. The molecule has 1 atom stereocenters. The van der Waals surface area contributed by atoms with Gasteiger partial charge in [0.1, 0.15) is 11.5 Å². The van der Waals surface area contributed by atoms with Gasteiger partial charge in [-0.05, 0) is 18.2 Å². The minimum Gasteiger partial charge on any atom is -0.497 e. The highest BCUT2D eigenvalue weighted by molar-refractivity contribution is 7.99. The van der Waals surface area contributed by atoms with Crippen molar-refractivity contribution in [3.8, 4) is 11.5 Å². The van der Waals surface area contributed by atoms with Crippen LogP contribution in [0.5, 0.6) is 11.5 Å². The second-order valence-corrected chi connectivity index (χ2v) is 5.34. The molecule has 1 rings (SSSR count). The number of aliphatic hydroxyl groups excluding tert-OH is 1. The summed E-state index contributed by atoms with van der Waals surface area (Å²) in [5.41, 5.74) is 0.734. The highest BCUT2D eigenvalue weighted by Gasteiger charge is 2.14. The molecule has 1 aromatic rings. The van der Waals surface area contributed by atoms with Gasteiger partial charge < -0.3 is 19.9 Å². The zero-order chi connectivity index (χ0) is 14.8. The smallest absolute Gasteiger partial charge is 0.124 e. The van der Waals surface area contributed by atoms with Gasteiger partial charge in [-0.1, -0.05) is 6.08 Å². The van der Waals surface area contributed by atoms with E-state index in [0.29, 0.717) is 18.0 Å². The summed E-state index contributed by atoms with van der Waals surface area (Å²) in [5, 5.41) is 13.5. The average molecular weight is 297 g/mol. The second kappa shape index (κ2) is 9.69. The quantitative estimate of drug-likeness (QED) is 0.512. The molecule has 5 heteroatoms. The molecule has 112 valence electrons. The molecule has 0 fully saturated rings. The number of hydrogen-bond acceptors (Lipinski definition) is 5. The Balaban J connectivity index is 2.49. The lowest BCUT2D eigenvalue weighted by atomic mass is 10.1. The number of nitrogens with one attached hydrogen (secondary N) is 1. The first-order valence-electron chi connectivity index (χ1n) is 6.52. The molecule has 4 nitrogen and oxygen atoms in total. The van der Waals surface area contributed by atoms with Crippen LogP contribution in [0.3, 0.4) is 0 Å². The fourth-order valence-corrected chi connectivity index (χ4v) is 2.38. The van der Waals surface area contributed by atoms with Crippen LogP contribution in [0.25, 0.3) is 0 Å². The maximum Gasteiger partial charge on any atom is 0.124 e. The van der Waals surface area contributed by atoms with E-state index >= 15 is 0 Å². The van der Waals surface area contributed by atoms with Crippen LogP contribution in [0.1, 0.15) is 11.7 Å². The van der Waals surface area contributed by atoms with Gasteiger partial charge in [-0.2, -0.15) is 11.8 Å². The van der Waals surface area contributed by atoms with Crippen molar-refractivity contribution >= 4 is 11.8 Å².